The summed E-state index contributed by atoms with van der Waals surface area (Å²) in [6.07, 6.45) is -5.07. The topological polar surface area (TPSA) is 218 Å². The summed E-state index contributed by atoms with van der Waals surface area (Å²) in [6.45, 7) is 6.05. The van der Waals surface area contributed by atoms with E-state index >= 15 is 4.39 Å². The van der Waals surface area contributed by atoms with Gasteiger partial charge in [-0.25, -0.2) is 23.9 Å². The molecule has 4 atom stereocenters. The van der Waals surface area contributed by atoms with Gasteiger partial charge in [-0.05, 0) is 34.6 Å². The molecule has 3 heterocycles. The molecule has 1 fully saturated rings. The number of thioether (sulfide) groups is 2. The highest BCUT2D eigenvalue weighted by Gasteiger charge is 2.47. The smallest absolute Gasteiger partial charge is 0.395 e. The molecule has 1 aliphatic rings. The zero-order chi connectivity index (χ0) is 32.9. The highest BCUT2D eigenvalue weighted by Crippen LogP contribution is 2.50. The summed E-state index contributed by atoms with van der Waals surface area (Å²) in [7, 11) is -4.38. The van der Waals surface area contributed by atoms with Crippen molar-refractivity contribution in [2.24, 2.45) is 10.8 Å². The van der Waals surface area contributed by atoms with Gasteiger partial charge in [0.1, 0.15) is 23.5 Å². The maximum absolute atomic E-state index is 15.3. The molecular weight excluding hydrogens is 644 g/mol. The summed E-state index contributed by atoms with van der Waals surface area (Å²) < 4.78 is 52.0. The molecule has 2 aromatic heterocycles. The van der Waals surface area contributed by atoms with Gasteiger partial charge in [0.25, 0.3) is 0 Å². The van der Waals surface area contributed by atoms with Crippen molar-refractivity contribution >= 4 is 58.6 Å². The SMILES string of the molecule is Cc1nc(N)c2ncn([C@@H]3O[C@H](COP(=O)(OCCSC(=O)C(C)(C)CO)OCCSC(=O)C(C)(C)CO)[C@H](O)C3F)c2n1. The number of rotatable bonds is 16. The van der Waals surface area contributed by atoms with E-state index < -0.39 is 49.9 Å². The second-order valence-electron chi connectivity index (χ2n) is 11.2. The molecule has 0 radical (unpaired) electrons. The minimum absolute atomic E-state index is 0.0478. The number of imidazole rings is 1. The Bertz CT molecular complexity index is 1330. The van der Waals surface area contributed by atoms with Crippen LogP contribution in [0.25, 0.3) is 11.2 Å². The summed E-state index contributed by atoms with van der Waals surface area (Å²) in [5.74, 6) is 0.508. The second kappa shape index (κ2) is 15.2. The number of halogens is 1. The Kier molecular flexibility index (Phi) is 12.7. The molecule has 248 valence electrons. The average Bonchev–Trinajstić information content (AvgIpc) is 3.52. The molecule has 0 amide bonds. The fourth-order valence-electron chi connectivity index (χ4n) is 3.67. The summed E-state index contributed by atoms with van der Waals surface area (Å²) >= 11 is 1.72. The van der Waals surface area contributed by atoms with Gasteiger partial charge in [-0.3, -0.25) is 27.7 Å². The molecule has 1 aliphatic heterocycles. The first-order chi connectivity index (χ1) is 20.5. The fourth-order valence-corrected chi connectivity index (χ4v) is 6.71. The largest absolute Gasteiger partial charge is 0.474 e. The quantitative estimate of drug-likeness (QED) is 0.147. The van der Waals surface area contributed by atoms with Gasteiger partial charge in [-0.2, -0.15) is 0 Å². The number of hydrogen-bond donors (Lipinski definition) is 4. The number of nitrogen functional groups attached to an aromatic ring is 1. The van der Waals surface area contributed by atoms with Crippen LogP contribution in [0.15, 0.2) is 6.33 Å². The lowest BCUT2D eigenvalue weighted by atomic mass is 9.97. The number of aliphatic hydroxyl groups excluding tert-OH is 3. The Balaban J connectivity index is 1.66. The Morgan fingerprint density at radius 2 is 1.61 bits per heavy atom. The first-order valence-corrected chi connectivity index (χ1v) is 17.0. The number of ether oxygens (including phenoxy) is 1. The molecule has 5 N–H and O–H groups in total. The molecule has 15 nitrogen and oxygen atoms in total. The van der Waals surface area contributed by atoms with Crippen LogP contribution in [0.4, 0.5) is 10.2 Å². The van der Waals surface area contributed by atoms with Gasteiger partial charge in [0.05, 0.1) is 50.2 Å². The van der Waals surface area contributed by atoms with Crippen molar-refractivity contribution in [2.45, 2.75) is 59.2 Å². The maximum Gasteiger partial charge on any atom is 0.474 e. The van der Waals surface area contributed by atoms with Gasteiger partial charge < -0.3 is 25.8 Å². The van der Waals surface area contributed by atoms with Gasteiger partial charge in [0.2, 0.25) is 0 Å². The molecule has 1 unspecified atom stereocenters. The number of alkyl halides is 1. The van der Waals surface area contributed by atoms with Crippen LogP contribution in [0.2, 0.25) is 0 Å². The minimum atomic E-state index is -4.38. The summed E-state index contributed by atoms with van der Waals surface area (Å²) in [6, 6.07) is 0. The second-order valence-corrected chi connectivity index (χ2v) is 15.0. The third-order valence-electron chi connectivity index (χ3n) is 6.55. The van der Waals surface area contributed by atoms with Crippen molar-refractivity contribution in [3.8, 4) is 0 Å². The number of nitrogens with two attached hydrogens (primary N) is 1. The van der Waals surface area contributed by atoms with Crippen molar-refractivity contribution in [3.05, 3.63) is 12.2 Å². The summed E-state index contributed by atoms with van der Waals surface area (Å²) in [4.78, 5) is 36.9. The number of fused-ring (bicyclic) bond motifs is 1. The number of phosphoric acid groups is 1. The molecule has 44 heavy (non-hydrogen) atoms. The minimum Gasteiger partial charge on any atom is -0.395 e. The Hall–Kier alpha value is -1.73. The molecule has 0 saturated carbocycles. The van der Waals surface area contributed by atoms with Crippen molar-refractivity contribution in [1.29, 1.82) is 0 Å². The van der Waals surface area contributed by atoms with Crippen molar-refractivity contribution in [3.63, 3.8) is 0 Å². The highest BCUT2D eigenvalue weighted by atomic mass is 32.2. The zero-order valence-electron chi connectivity index (χ0n) is 25.0. The number of aryl methyl sites for hydroxylation is 1. The monoisotopic (exact) mass is 683 g/mol. The number of phosphoric ester groups is 1. The third kappa shape index (κ3) is 8.96. The van der Waals surface area contributed by atoms with Gasteiger partial charge in [-0.1, -0.05) is 23.5 Å². The van der Waals surface area contributed by atoms with Crippen LogP contribution in [0.3, 0.4) is 0 Å². The molecule has 0 spiro atoms. The van der Waals surface area contributed by atoms with Crippen molar-refractivity contribution < 1.29 is 52.2 Å². The van der Waals surface area contributed by atoms with E-state index in [1.54, 1.807) is 34.6 Å². The van der Waals surface area contributed by atoms with E-state index in [1.807, 2.05) is 0 Å². The predicted octanol–water partition coefficient (Wildman–Crippen LogP) is 2.03. The zero-order valence-corrected chi connectivity index (χ0v) is 27.6. The van der Waals surface area contributed by atoms with Gasteiger partial charge in [0.15, 0.2) is 34.1 Å². The van der Waals surface area contributed by atoms with E-state index in [1.165, 1.54) is 10.9 Å². The normalized spacial score (nSPS) is 21.3. The number of anilines is 1. The molecular formula is C25H39FN5O10PS2. The van der Waals surface area contributed by atoms with E-state index in [0.29, 0.717) is 5.82 Å². The molecule has 0 bridgehead atoms. The van der Waals surface area contributed by atoms with Gasteiger partial charge >= 0.3 is 7.82 Å². The number of aliphatic hydroxyl groups is 3. The number of carbonyl (C=O) groups excluding carboxylic acids is 2. The van der Waals surface area contributed by atoms with E-state index in [4.69, 9.17) is 24.0 Å². The van der Waals surface area contributed by atoms with Crippen molar-refractivity contribution in [2.75, 3.05) is 50.3 Å². The first-order valence-electron chi connectivity index (χ1n) is 13.6. The van der Waals surface area contributed by atoms with E-state index in [-0.39, 0.29) is 65.1 Å². The van der Waals surface area contributed by atoms with Crippen LogP contribution in [0.1, 0.15) is 39.7 Å². The van der Waals surface area contributed by atoms with Crippen LogP contribution >= 0.6 is 31.3 Å². The first kappa shape index (κ1) is 36.7. The fraction of sp³-hybridized carbons (Fsp3) is 0.720. The van der Waals surface area contributed by atoms with E-state index in [0.717, 1.165) is 23.5 Å². The molecule has 2 aromatic rings. The van der Waals surface area contributed by atoms with Crippen LogP contribution in [0, 0.1) is 17.8 Å². The number of hydrogen-bond acceptors (Lipinski definition) is 16. The Morgan fingerprint density at radius 1 is 1.07 bits per heavy atom. The van der Waals surface area contributed by atoms with Crippen LogP contribution < -0.4 is 5.73 Å². The lowest BCUT2D eigenvalue weighted by molar-refractivity contribution is -0.120. The molecule has 19 heteroatoms. The van der Waals surface area contributed by atoms with Gasteiger partial charge in [-0.15, -0.1) is 0 Å². The van der Waals surface area contributed by atoms with Gasteiger partial charge in [0, 0.05) is 11.5 Å². The maximum atomic E-state index is 15.3. The molecule has 3 rings (SSSR count). The lowest BCUT2D eigenvalue weighted by Gasteiger charge is -2.22. The van der Waals surface area contributed by atoms with E-state index in [9.17, 15) is 29.5 Å². The Labute approximate surface area is 262 Å². The summed E-state index contributed by atoms with van der Waals surface area (Å²) in [5.41, 5.74) is 4.34. The number of carbonyl (C=O) groups is 2. The van der Waals surface area contributed by atoms with Crippen LogP contribution in [0.5, 0.6) is 0 Å². The van der Waals surface area contributed by atoms with Crippen LogP contribution in [-0.2, 0) is 32.5 Å². The Morgan fingerprint density at radius 3 is 2.14 bits per heavy atom. The molecule has 0 aliphatic carbocycles. The van der Waals surface area contributed by atoms with Crippen molar-refractivity contribution in [1.82, 2.24) is 19.5 Å². The predicted molar refractivity (Wildman–Crippen MR) is 161 cm³/mol. The third-order valence-corrected chi connectivity index (χ3v) is 10.4. The molecule has 0 aromatic carbocycles. The summed E-state index contributed by atoms with van der Waals surface area (Å²) in [5, 5.41) is 28.7. The number of aromatic nitrogens is 4. The average molecular weight is 684 g/mol. The standard InChI is InChI=1S/C25H39FN5O10PS2/c1-14-29-19(27)17-20(30-14)31(13-28-17)21-16(26)18(34)15(41-21)10-40-42(37,38-6-8-43-22(35)24(2,3)11-32)39-7-9-44-23(36)25(4,5)12-33/h13,15-16,18,21,32-34H,6-12H2,1-5H3,(H2,27,29,30)/t15-,16?,18+,21-/m1/s1. The lowest BCUT2D eigenvalue weighted by Crippen LogP contribution is -2.31. The highest BCUT2D eigenvalue weighted by molar-refractivity contribution is 8.14. The van der Waals surface area contributed by atoms with Crippen LogP contribution in [-0.4, -0.2) is 108 Å². The van der Waals surface area contributed by atoms with E-state index in [2.05, 4.69) is 15.0 Å². The number of nitrogens with zero attached hydrogens (tertiary/aromatic N) is 4. The molecule has 1 saturated heterocycles.